The molecule has 8 heteroatoms. The molecule has 0 atom stereocenters. The van der Waals surface area contributed by atoms with Gasteiger partial charge in [-0.3, -0.25) is 4.79 Å². The van der Waals surface area contributed by atoms with Gasteiger partial charge in [0.2, 0.25) is 0 Å². The molecule has 2 aromatic heterocycles. The van der Waals surface area contributed by atoms with E-state index in [2.05, 4.69) is 15.5 Å². The molecule has 0 radical (unpaired) electrons. The van der Waals surface area contributed by atoms with E-state index in [-0.39, 0.29) is 5.56 Å². The van der Waals surface area contributed by atoms with Crippen LogP contribution < -0.4 is 10.9 Å². The van der Waals surface area contributed by atoms with Crippen molar-refractivity contribution in [1.82, 2.24) is 15.0 Å². The van der Waals surface area contributed by atoms with Gasteiger partial charge in [0.25, 0.3) is 5.91 Å². The fraction of sp³-hybridized carbons (Fsp3) is 0.0435. The quantitative estimate of drug-likeness (QED) is 0.417. The van der Waals surface area contributed by atoms with Crippen molar-refractivity contribution in [1.29, 1.82) is 0 Å². The summed E-state index contributed by atoms with van der Waals surface area (Å²) in [6.07, 6.45) is 0. The first-order valence-electron chi connectivity index (χ1n) is 9.46. The number of halogens is 1. The highest BCUT2D eigenvalue weighted by atomic mass is 35.5. The van der Waals surface area contributed by atoms with Gasteiger partial charge in [0.1, 0.15) is 22.2 Å². The van der Waals surface area contributed by atoms with Crippen molar-refractivity contribution in [2.75, 3.05) is 5.32 Å². The Labute approximate surface area is 180 Å². The smallest absolute Gasteiger partial charge is 0.349 e. The maximum absolute atomic E-state index is 12.7. The zero-order valence-corrected chi connectivity index (χ0v) is 17.1. The molecular formula is C23H15ClN4O3. The van der Waals surface area contributed by atoms with Crippen LogP contribution in [0, 0.1) is 6.92 Å². The van der Waals surface area contributed by atoms with Crippen LogP contribution in [0.2, 0.25) is 5.02 Å². The summed E-state index contributed by atoms with van der Waals surface area (Å²) in [5, 5.41) is 12.9. The number of amides is 1. The van der Waals surface area contributed by atoms with Gasteiger partial charge in [-0.25, -0.2) is 4.79 Å². The Balaban J connectivity index is 1.45. The maximum Gasteiger partial charge on any atom is 0.349 e. The van der Waals surface area contributed by atoms with Crippen LogP contribution in [0.25, 0.3) is 27.7 Å². The predicted molar refractivity (Wildman–Crippen MR) is 119 cm³/mol. The molecule has 0 unspecified atom stereocenters. The van der Waals surface area contributed by atoms with Gasteiger partial charge in [-0.2, -0.15) is 4.80 Å². The summed E-state index contributed by atoms with van der Waals surface area (Å²) in [5.74, 6) is -0.559. The second kappa shape index (κ2) is 7.37. The van der Waals surface area contributed by atoms with Gasteiger partial charge in [-0.1, -0.05) is 35.9 Å². The molecule has 0 aliphatic rings. The number of carbonyl (C=O) groups is 1. The largest absolute Gasteiger partial charge is 0.422 e. The van der Waals surface area contributed by atoms with Crippen LogP contribution in [0.15, 0.2) is 75.9 Å². The Morgan fingerprint density at radius 2 is 1.81 bits per heavy atom. The predicted octanol–water partition coefficient (Wildman–Crippen LogP) is 4.74. The van der Waals surface area contributed by atoms with Gasteiger partial charge in [0.05, 0.1) is 5.69 Å². The first-order valence-corrected chi connectivity index (χ1v) is 9.84. The van der Waals surface area contributed by atoms with E-state index in [9.17, 15) is 9.59 Å². The number of aryl methyl sites for hydroxylation is 1. The standard InChI is InChI=1S/C23H15ClN4O3/c1-13-6-8-16(12-18(13)24)28-26-19-9-7-15(11-20(19)27-28)25-22(29)17-10-14-4-2-3-5-21(14)31-23(17)30/h2-12H,1H3,(H,25,29). The van der Waals surface area contributed by atoms with Crippen molar-refractivity contribution < 1.29 is 9.21 Å². The number of nitrogens with zero attached hydrogens (tertiary/aromatic N) is 3. The van der Waals surface area contributed by atoms with Crippen molar-refractivity contribution >= 4 is 45.2 Å². The molecule has 0 saturated heterocycles. The third kappa shape index (κ3) is 3.55. The molecule has 2 heterocycles. The first kappa shape index (κ1) is 19.0. The third-order valence-electron chi connectivity index (χ3n) is 4.91. The number of carbonyl (C=O) groups excluding carboxylic acids is 1. The number of anilines is 1. The number of fused-ring (bicyclic) bond motifs is 2. The summed E-state index contributed by atoms with van der Waals surface area (Å²) in [6.45, 7) is 1.92. The van der Waals surface area contributed by atoms with E-state index in [4.69, 9.17) is 16.0 Å². The molecule has 0 saturated carbocycles. The van der Waals surface area contributed by atoms with Crippen LogP contribution in [-0.2, 0) is 0 Å². The third-order valence-corrected chi connectivity index (χ3v) is 5.32. The molecule has 152 valence electrons. The molecule has 31 heavy (non-hydrogen) atoms. The minimum atomic E-state index is -0.695. The number of benzene rings is 3. The van der Waals surface area contributed by atoms with Gasteiger partial charge in [0.15, 0.2) is 0 Å². The number of aromatic nitrogens is 3. The fourth-order valence-corrected chi connectivity index (χ4v) is 3.41. The summed E-state index contributed by atoms with van der Waals surface area (Å²) in [7, 11) is 0. The van der Waals surface area contributed by atoms with Crippen LogP contribution in [0.1, 0.15) is 15.9 Å². The fourth-order valence-electron chi connectivity index (χ4n) is 3.23. The Bertz CT molecular complexity index is 1540. The van der Waals surface area contributed by atoms with Gasteiger partial charge < -0.3 is 9.73 Å². The highest BCUT2D eigenvalue weighted by Gasteiger charge is 2.15. The van der Waals surface area contributed by atoms with E-state index in [1.165, 1.54) is 10.9 Å². The van der Waals surface area contributed by atoms with Crippen molar-refractivity contribution in [3.05, 3.63) is 93.3 Å². The molecule has 7 nitrogen and oxygen atoms in total. The van der Waals surface area contributed by atoms with Crippen LogP contribution in [0.3, 0.4) is 0 Å². The second-order valence-corrected chi connectivity index (χ2v) is 7.47. The second-order valence-electron chi connectivity index (χ2n) is 7.07. The Morgan fingerprint density at radius 1 is 1.00 bits per heavy atom. The highest BCUT2D eigenvalue weighted by molar-refractivity contribution is 6.31. The Hall–Kier alpha value is -3.97. The molecule has 5 aromatic rings. The maximum atomic E-state index is 12.7. The van der Waals surface area contributed by atoms with Crippen molar-refractivity contribution in [2.24, 2.45) is 0 Å². The lowest BCUT2D eigenvalue weighted by Gasteiger charge is -2.05. The summed E-state index contributed by atoms with van der Waals surface area (Å²) in [6, 6.07) is 19.2. The minimum Gasteiger partial charge on any atom is -0.422 e. The van der Waals surface area contributed by atoms with Crippen LogP contribution >= 0.6 is 11.6 Å². The zero-order chi connectivity index (χ0) is 21.5. The molecule has 0 spiro atoms. The monoisotopic (exact) mass is 430 g/mol. The number of para-hydroxylation sites is 1. The SMILES string of the molecule is Cc1ccc(-n2nc3ccc(NC(=O)c4cc5ccccc5oc4=O)cc3n2)cc1Cl. The van der Waals surface area contributed by atoms with E-state index < -0.39 is 11.5 Å². The molecular weight excluding hydrogens is 416 g/mol. The number of nitrogens with one attached hydrogen (secondary N) is 1. The lowest BCUT2D eigenvalue weighted by Crippen LogP contribution is -2.20. The average molecular weight is 431 g/mol. The molecule has 1 N–H and O–H groups in total. The molecule has 0 fully saturated rings. The van der Waals surface area contributed by atoms with Gasteiger partial charge >= 0.3 is 5.63 Å². The summed E-state index contributed by atoms with van der Waals surface area (Å²) < 4.78 is 5.24. The van der Waals surface area contributed by atoms with E-state index in [0.717, 1.165) is 11.3 Å². The van der Waals surface area contributed by atoms with E-state index in [1.807, 2.05) is 25.1 Å². The lowest BCUT2D eigenvalue weighted by atomic mass is 10.1. The van der Waals surface area contributed by atoms with Crippen LogP contribution in [-0.4, -0.2) is 20.9 Å². The molecule has 0 aliphatic carbocycles. The van der Waals surface area contributed by atoms with Crippen LogP contribution in [0.4, 0.5) is 5.69 Å². The number of rotatable bonds is 3. The average Bonchev–Trinajstić information content (AvgIpc) is 3.18. The Morgan fingerprint density at radius 3 is 2.65 bits per heavy atom. The van der Waals surface area contributed by atoms with E-state index >= 15 is 0 Å². The van der Waals surface area contributed by atoms with Crippen molar-refractivity contribution in [3.8, 4) is 5.69 Å². The van der Waals surface area contributed by atoms with Crippen molar-refractivity contribution in [2.45, 2.75) is 6.92 Å². The van der Waals surface area contributed by atoms with Crippen LogP contribution in [0.5, 0.6) is 0 Å². The molecule has 0 bridgehead atoms. The van der Waals surface area contributed by atoms with Crippen molar-refractivity contribution in [3.63, 3.8) is 0 Å². The van der Waals surface area contributed by atoms with Gasteiger partial charge in [0, 0.05) is 16.1 Å². The number of hydrogen-bond acceptors (Lipinski definition) is 5. The summed E-state index contributed by atoms with van der Waals surface area (Å²) in [5.41, 5.74) is 3.07. The molecule has 1 amide bonds. The normalized spacial score (nSPS) is 11.2. The Kier molecular flexibility index (Phi) is 4.52. The molecule has 3 aromatic carbocycles. The van der Waals surface area contributed by atoms with Gasteiger partial charge in [-0.15, -0.1) is 10.2 Å². The highest BCUT2D eigenvalue weighted by Crippen LogP contribution is 2.22. The zero-order valence-electron chi connectivity index (χ0n) is 16.3. The number of hydrogen-bond donors (Lipinski definition) is 1. The summed E-state index contributed by atoms with van der Waals surface area (Å²) in [4.78, 5) is 26.4. The van der Waals surface area contributed by atoms with Gasteiger partial charge in [-0.05, 0) is 55.0 Å². The lowest BCUT2D eigenvalue weighted by molar-refractivity contribution is 0.102. The first-order chi connectivity index (χ1) is 15.0. The molecule has 5 rings (SSSR count). The van der Waals surface area contributed by atoms with E-state index in [0.29, 0.717) is 32.7 Å². The molecule has 0 aliphatic heterocycles. The summed E-state index contributed by atoms with van der Waals surface area (Å²) >= 11 is 6.20. The van der Waals surface area contributed by atoms with E-state index in [1.54, 1.807) is 42.5 Å². The minimum absolute atomic E-state index is 0.0725. The topological polar surface area (TPSA) is 90.0 Å².